The number of anilines is 2. The first-order valence-corrected chi connectivity index (χ1v) is 6.78. The SMILES string of the molecule is CN(c1ccccc1)c1ccc(/C=N\NC(=O)CC#N)cc1. The topological polar surface area (TPSA) is 68.5 Å². The maximum Gasteiger partial charge on any atom is 0.254 e. The van der Waals surface area contributed by atoms with Crippen molar-refractivity contribution >= 4 is 23.5 Å². The first-order chi connectivity index (χ1) is 10.7. The largest absolute Gasteiger partial charge is 0.345 e. The van der Waals surface area contributed by atoms with E-state index < -0.39 is 5.91 Å². The van der Waals surface area contributed by atoms with Crippen molar-refractivity contribution in [3.05, 3.63) is 60.2 Å². The van der Waals surface area contributed by atoms with Gasteiger partial charge in [0.1, 0.15) is 6.42 Å². The minimum absolute atomic E-state index is 0.196. The number of nitrogens with zero attached hydrogens (tertiary/aromatic N) is 3. The maximum absolute atomic E-state index is 11.1. The van der Waals surface area contributed by atoms with Crippen LogP contribution in [-0.4, -0.2) is 19.2 Å². The second-order valence-corrected chi connectivity index (χ2v) is 4.61. The van der Waals surface area contributed by atoms with E-state index in [9.17, 15) is 4.79 Å². The molecule has 1 amide bonds. The monoisotopic (exact) mass is 292 g/mol. The van der Waals surface area contributed by atoms with Gasteiger partial charge in [0.05, 0.1) is 12.3 Å². The van der Waals surface area contributed by atoms with E-state index in [0.29, 0.717) is 0 Å². The van der Waals surface area contributed by atoms with Crippen LogP contribution in [0.4, 0.5) is 11.4 Å². The standard InChI is InChI=1S/C17H16N4O/c1-21(15-5-3-2-4-6-15)16-9-7-14(8-10-16)13-19-20-17(22)11-12-18/h2-10,13H,11H2,1H3,(H,20,22)/b19-13-. The summed E-state index contributed by atoms with van der Waals surface area (Å²) >= 11 is 0. The number of hydrogen-bond donors (Lipinski definition) is 1. The van der Waals surface area contributed by atoms with Crippen LogP contribution >= 0.6 is 0 Å². The fourth-order valence-corrected chi connectivity index (χ4v) is 1.87. The number of para-hydroxylation sites is 1. The zero-order valence-corrected chi connectivity index (χ0v) is 12.2. The Hall–Kier alpha value is -3.13. The first-order valence-electron chi connectivity index (χ1n) is 6.78. The Bertz CT molecular complexity index is 687. The summed E-state index contributed by atoms with van der Waals surface area (Å²) in [7, 11) is 2.00. The Kier molecular flexibility index (Phi) is 5.27. The van der Waals surface area contributed by atoms with Crippen molar-refractivity contribution in [1.82, 2.24) is 5.43 Å². The number of benzene rings is 2. The minimum Gasteiger partial charge on any atom is -0.345 e. The molecule has 22 heavy (non-hydrogen) atoms. The van der Waals surface area contributed by atoms with Gasteiger partial charge in [-0.3, -0.25) is 4.79 Å². The summed E-state index contributed by atoms with van der Waals surface area (Å²) < 4.78 is 0. The average Bonchev–Trinajstić information content (AvgIpc) is 2.56. The molecule has 0 atom stereocenters. The second-order valence-electron chi connectivity index (χ2n) is 4.61. The van der Waals surface area contributed by atoms with E-state index in [1.807, 2.05) is 61.6 Å². The first kappa shape index (κ1) is 15.3. The Labute approximate surface area is 129 Å². The molecule has 0 aliphatic heterocycles. The van der Waals surface area contributed by atoms with Crippen LogP contribution in [0.1, 0.15) is 12.0 Å². The minimum atomic E-state index is -0.417. The van der Waals surface area contributed by atoms with Crippen LogP contribution in [-0.2, 0) is 4.79 Å². The van der Waals surface area contributed by atoms with Crippen molar-refractivity contribution in [2.45, 2.75) is 6.42 Å². The van der Waals surface area contributed by atoms with Crippen molar-refractivity contribution in [2.24, 2.45) is 5.10 Å². The van der Waals surface area contributed by atoms with Gasteiger partial charge in [0.25, 0.3) is 5.91 Å². The molecule has 0 aliphatic rings. The highest BCUT2D eigenvalue weighted by Crippen LogP contribution is 2.22. The number of carbonyl (C=O) groups excluding carboxylic acids is 1. The van der Waals surface area contributed by atoms with Gasteiger partial charge >= 0.3 is 0 Å². The van der Waals surface area contributed by atoms with Crippen molar-refractivity contribution in [1.29, 1.82) is 5.26 Å². The highest BCUT2D eigenvalue weighted by Gasteiger charge is 2.02. The number of amides is 1. The van der Waals surface area contributed by atoms with Crippen LogP contribution in [0, 0.1) is 11.3 Å². The third-order valence-electron chi connectivity index (χ3n) is 3.07. The summed E-state index contributed by atoms with van der Waals surface area (Å²) in [6, 6.07) is 19.6. The molecule has 0 spiro atoms. The van der Waals surface area contributed by atoms with Crippen LogP contribution < -0.4 is 10.3 Å². The van der Waals surface area contributed by atoms with Crippen LogP contribution in [0.15, 0.2) is 59.7 Å². The molecule has 2 aromatic rings. The van der Waals surface area contributed by atoms with Crippen molar-refractivity contribution in [2.75, 3.05) is 11.9 Å². The Balaban J connectivity index is 2.00. The smallest absolute Gasteiger partial charge is 0.254 e. The lowest BCUT2D eigenvalue weighted by Gasteiger charge is -2.19. The van der Waals surface area contributed by atoms with Gasteiger partial charge in [0.15, 0.2) is 0 Å². The average molecular weight is 292 g/mol. The Morgan fingerprint density at radius 2 is 1.82 bits per heavy atom. The number of nitrogens with one attached hydrogen (secondary N) is 1. The molecule has 5 heteroatoms. The molecule has 2 aromatic carbocycles. The molecule has 2 rings (SSSR count). The lowest BCUT2D eigenvalue weighted by atomic mass is 10.2. The molecular formula is C17H16N4O. The summed E-state index contributed by atoms with van der Waals surface area (Å²) in [6.07, 6.45) is 1.35. The summed E-state index contributed by atoms with van der Waals surface area (Å²) in [5, 5.41) is 12.2. The molecule has 1 N–H and O–H groups in total. The predicted octanol–water partition coefficient (Wildman–Crippen LogP) is 2.82. The van der Waals surface area contributed by atoms with Gasteiger partial charge in [-0.2, -0.15) is 10.4 Å². The number of hydrazone groups is 1. The van der Waals surface area contributed by atoms with E-state index in [-0.39, 0.29) is 6.42 Å². The van der Waals surface area contributed by atoms with Crippen molar-refractivity contribution < 1.29 is 4.79 Å². The number of rotatable bonds is 5. The van der Waals surface area contributed by atoms with Gasteiger partial charge in [-0.15, -0.1) is 0 Å². The van der Waals surface area contributed by atoms with Gasteiger partial charge in [-0.05, 0) is 29.8 Å². The molecule has 0 saturated carbocycles. The van der Waals surface area contributed by atoms with Crippen LogP contribution in [0.3, 0.4) is 0 Å². The van der Waals surface area contributed by atoms with E-state index in [0.717, 1.165) is 16.9 Å². The number of hydrogen-bond acceptors (Lipinski definition) is 4. The zero-order chi connectivity index (χ0) is 15.8. The van der Waals surface area contributed by atoms with Crippen LogP contribution in [0.5, 0.6) is 0 Å². The van der Waals surface area contributed by atoms with Crippen molar-refractivity contribution in [3.63, 3.8) is 0 Å². The summed E-state index contributed by atoms with van der Waals surface area (Å²) in [5.41, 5.74) is 5.31. The van der Waals surface area contributed by atoms with Gasteiger partial charge in [0.2, 0.25) is 0 Å². The normalized spacial score (nSPS) is 10.2. The highest BCUT2D eigenvalue weighted by molar-refractivity contribution is 5.83. The lowest BCUT2D eigenvalue weighted by molar-refractivity contribution is -0.120. The second kappa shape index (κ2) is 7.60. The van der Waals surface area contributed by atoms with E-state index in [2.05, 4.69) is 15.4 Å². The van der Waals surface area contributed by atoms with E-state index in [1.165, 1.54) is 0 Å². The molecule has 0 aromatic heterocycles. The van der Waals surface area contributed by atoms with Crippen molar-refractivity contribution in [3.8, 4) is 6.07 Å². The third kappa shape index (κ3) is 4.18. The van der Waals surface area contributed by atoms with Gasteiger partial charge in [-0.1, -0.05) is 30.3 Å². The van der Waals surface area contributed by atoms with E-state index in [4.69, 9.17) is 5.26 Å². The highest BCUT2D eigenvalue weighted by atomic mass is 16.2. The molecule has 5 nitrogen and oxygen atoms in total. The Morgan fingerprint density at radius 1 is 1.18 bits per heavy atom. The molecule has 0 saturated heterocycles. The third-order valence-corrected chi connectivity index (χ3v) is 3.07. The summed E-state index contributed by atoms with van der Waals surface area (Å²) in [5.74, 6) is -0.417. The molecule has 0 radical (unpaired) electrons. The maximum atomic E-state index is 11.1. The molecule has 0 heterocycles. The van der Waals surface area contributed by atoms with Crippen LogP contribution in [0.25, 0.3) is 0 Å². The molecule has 110 valence electrons. The van der Waals surface area contributed by atoms with Gasteiger partial charge < -0.3 is 4.90 Å². The summed E-state index contributed by atoms with van der Waals surface area (Å²) in [4.78, 5) is 13.2. The Morgan fingerprint density at radius 3 is 2.45 bits per heavy atom. The molecular weight excluding hydrogens is 276 g/mol. The van der Waals surface area contributed by atoms with Gasteiger partial charge in [0, 0.05) is 18.4 Å². The predicted molar refractivity (Wildman–Crippen MR) is 86.9 cm³/mol. The fraction of sp³-hybridized carbons (Fsp3) is 0.118. The van der Waals surface area contributed by atoms with Crippen LogP contribution in [0.2, 0.25) is 0 Å². The molecule has 0 unspecified atom stereocenters. The molecule has 0 aliphatic carbocycles. The number of carbonyl (C=O) groups is 1. The quantitative estimate of drug-likeness (QED) is 0.680. The molecule has 0 fully saturated rings. The summed E-state index contributed by atoms with van der Waals surface area (Å²) in [6.45, 7) is 0. The van der Waals surface area contributed by atoms with Gasteiger partial charge in [-0.25, -0.2) is 5.43 Å². The lowest BCUT2D eigenvalue weighted by Crippen LogP contribution is -2.16. The molecule has 0 bridgehead atoms. The fourth-order valence-electron chi connectivity index (χ4n) is 1.87. The number of nitriles is 1. The zero-order valence-electron chi connectivity index (χ0n) is 12.2. The van der Waals surface area contributed by atoms with E-state index >= 15 is 0 Å². The van der Waals surface area contributed by atoms with E-state index in [1.54, 1.807) is 12.3 Å².